The quantitative estimate of drug-likeness (QED) is 0.638. The number of nitrogens with two attached hydrogens (primary N) is 1. The molecule has 2 heteroatoms. The lowest BCUT2D eigenvalue weighted by atomic mass is 10.2. The number of para-hydroxylation sites is 1. The lowest BCUT2D eigenvalue weighted by molar-refractivity contribution is 1.34. The zero-order chi connectivity index (χ0) is 11.4. The highest BCUT2D eigenvalue weighted by molar-refractivity contribution is 7.98. The third-order valence-electron chi connectivity index (χ3n) is 2.52. The minimum atomic E-state index is 0.906. The molecule has 0 amide bonds. The van der Waals surface area contributed by atoms with Gasteiger partial charge in [-0.1, -0.05) is 42.5 Å². The molecule has 0 aliphatic heterocycles. The van der Waals surface area contributed by atoms with Crippen LogP contribution < -0.4 is 5.73 Å². The number of anilines is 1. The second-order valence-electron chi connectivity index (χ2n) is 3.76. The summed E-state index contributed by atoms with van der Waals surface area (Å²) in [4.78, 5) is 1.17. The number of nitrogen functional groups attached to an aromatic ring is 1. The van der Waals surface area contributed by atoms with Crippen molar-refractivity contribution < 1.29 is 0 Å². The van der Waals surface area contributed by atoms with E-state index in [9.17, 15) is 0 Å². The van der Waals surface area contributed by atoms with Gasteiger partial charge in [-0.15, -0.1) is 11.8 Å². The van der Waals surface area contributed by atoms with E-state index in [-0.39, 0.29) is 0 Å². The zero-order valence-corrected chi connectivity index (χ0v) is 10.1. The molecule has 0 unspecified atom stereocenters. The molecule has 82 valence electrons. The second-order valence-corrected chi connectivity index (χ2v) is 4.78. The molecule has 2 aromatic carbocycles. The van der Waals surface area contributed by atoms with Crippen LogP contribution in [0, 0.1) is 6.92 Å². The minimum Gasteiger partial charge on any atom is -0.398 e. The Kier molecular flexibility index (Phi) is 3.52. The molecule has 0 bridgehead atoms. The second kappa shape index (κ2) is 5.08. The van der Waals surface area contributed by atoms with Crippen molar-refractivity contribution in [1.82, 2.24) is 0 Å². The van der Waals surface area contributed by atoms with Gasteiger partial charge in [0, 0.05) is 16.3 Å². The molecule has 0 saturated heterocycles. The summed E-state index contributed by atoms with van der Waals surface area (Å²) < 4.78 is 0. The summed E-state index contributed by atoms with van der Waals surface area (Å²) in [5.41, 5.74) is 9.41. The van der Waals surface area contributed by atoms with Gasteiger partial charge in [0.15, 0.2) is 0 Å². The molecule has 2 rings (SSSR count). The van der Waals surface area contributed by atoms with E-state index in [1.54, 1.807) is 11.8 Å². The van der Waals surface area contributed by atoms with E-state index in [1.807, 2.05) is 19.1 Å². The van der Waals surface area contributed by atoms with Gasteiger partial charge in [0.05, 0.1) is 0 Å². The van der Waals surface area contributed by atoms with Crippen LogP contribution >= 0.6 is 11.8 Å². The largest absolute Gasteiger partial charge is 0.398 e. The Hall–Kier alpha value is -1.41. The first-order valence-corrected chi connectivity index (χ1v) is 6.28. The highest BCUT2D eigenvalue weighted by Gasteiger charge is 2.02. The van der Waals surface area contributed by atoms with Crippen molar-refractivity contribution in [3.8, 4) is 0 Å². The van der Waals surface area contributed by atoms with Crippen molar-refractivity contribution >= 4 is 17.4 Å². The molecule has 2 N–H and O–H groups in total. The molecule has 0 fully saturated rings. The summed E-state index contributed by atoms with van der Waals surface area (Å²) in [6, 6.07) is 16.6. The van der Waals surface area contributed by atoms with Crippen molar-refractivity contribution in [2.75, 3.05) is 5.73 Å². The number of benzene rings is 2. The molecule has 1 nitrogen and oxygen atoms in total. The van der Waals surface area contributed by atoms with E-state index < -0.39 is 0 Å². The first-order chi connectivity index (χ1) is 7.77. The van der Waals surface area contributed by atoms with E-state index in [1.165, 1.54) is 10.5 Å². The Balaban J connectivity index is 2.08. The molecular weight excluding hydrogens is 214 g/mol. The summed E-state index contributed by atoms with van der Waals surface area (Å²) in [5, 5.41) is 0. The summed E-state index contributed by atoms with van der Waals surface area (Å²) in [6.45, 7) is 2.04. The summed E-state index contributed by atoms with van der Waals surface area (Å²) in [7, 11) is 0. The first-order valence-electron chi connectivity index (χ1n) is 5.29. The molecule has 0 spiro atoms. The Bertz CT molecular complexity index is 465. The highest BCUT2D eigenvalue weighted by Crippen LogP contribution is 2.29. The molecule has 0 radical (unpaired) electrons. The van der Waals surface area contributed by atoms with Crippen LogP contribution in [0.15, 0.2) is 53.4 Å². The normalized spacial score (nSPS) is 10.3. The monoisotopic (exact) mass is 229 g/mol. The Morgan fingerprint density at radius 2 is 1.75 bits per heavy atom. The van der Waals surface area contributed by atoms with E-state index in [0.717, 1.165) is 17.0 Å². The van der Waals surface area contributed by atoms with Crippen LogP contribution in [-0.4, -0.2) is 0 Å². The van der Waals surface area contributed by atoms with Crippen LogP contribution in [0.2, 0.25) is 0 Å². The third-order valence-corrected chi connectivity index (χ3v) is 3.67. The molecule has 0 saturated carbocycles. The number of hydrogen-bond donors (Lipinski definition) is 1. The fourth-order valence-electron chi connectivity index (χ4n) is 1.51. The average Bonchev–Trinajstić information content (AvgIpc) is 2.32. The molecule has 2 aromatic rings. The van der Waals surface area contributed by atoms with E-state index in [0.29, 0.717) is 0 Å². The maximum Gasteiger partial charge on any atom is 0.0482 e. The molecular formula is C14H15NS. The fourth-order valence-corrected chi connectivity index (χ4v) is 2.52. The van der Waals surface area contributed by atoms with Crippen LogP contribution in [-0.2, 0) is 5.75 Å². The van der Waals surface area contributed by atoms with Crippen LogP contribution in [0.5, 0.6) is 0 Å². The topological polar surface area (TPSA) is 26.0 Å². The van der Waals surface area contributed by atoms with Gasteiger partial charge in [-0.3, -0.25) is 0 Å². The van der Waals surface area contributed by atoms with E-state index in [4.69, 9.17) is 5.73 Å². The van der Waals surface area contributed by atoms with Crippen LogP contribution in [0.1, 0.15) is 11.1 Å². The average molecular weight is 229 g/mol. The predicted molar refractivity (Wildman–Crippen MR) is 71.6 cm³/mol. The van der Waals surface area contributed by atoms with Crippen molar-refractivity contribution in [1.29, 1.82) is 0 Å². The van der Waals surface area contributed by atoms with Gasteiger partial charge >= 0.3 is 0 Å². The molecule has 0 atom stereocenters. The van der Waals surface area contributed by atoms with Crippen LogP contribution in [0.4, 0.5) is 5.69 Å². The third kappa shape index (κ3) is 2.58. The van der Waals surface area contributed by atoms with Gasteiger partial charge in [-0.05, 0) is 24.1 Å². The molecule has 0 aromatic heterocycles. The summed E-state index contributed by atoms with van der Waals surface area (Å²) in [5.74, 6) is 0.967. The number of thioether (sulfide) groups is 1. The Labute approximate surface area is 101 Å². The zero-order valence-electron chi connectivity index (χ0n) is 9.31. The Morgan fingerprint density at radius 1 is 1.00 bits per heavy atom. The van der Waals surface area contributed by atoms with Crippen LogP contribution in [0.3, 0.4) is 0 Å². The summed E-state index contributed by atoms with van der Waals surface area (Å²) >= 11 is 1.79. The fraction of sp³-hybridized carbons (Fsp3) is 0.143. The van der Waals surface area contributed by atoms with Gasteiger partial charge in [-0.25, -0.2) is 0 Å². The molecule has 16 heavy (non-hydrogen) atoms. The molecule has 0 aliphatic rings. The van der Waals surface area contributed by atoms with Gasteiger partial charge < -0.3 is 5.73 Å². The standard InChI is InChI=1S/C14H15NS/c1-11-6-5-9-13(14(11)15)16-10-12-7-3-2-4-8-12/h2-9H,10,15H2,1H3. The van der Waals surface area contributed by atoms with E-state index in [2.05, 4.69) is 36.4 Å². The van der Waals surface area contributed by atoms with Crippen molar-refractivity contribution in [3.05, 3.63) is 59.7 Å². The van der Waals surface area contributed by atoms with Gasteiger partial charge in [0.2, 0.25) is 0 Å². The van der Waals surface area contributed by atoms with Gasteiger partial charge in [-0.2, -0.15) is 0 Å². The highest BCUT2D eigenvalue weighted by atomic mass is 32.2. The SMILES string of the molecule is Cc1cccc(SCc2ccccc2)c1N. The maximum absolute atomic E-state index is 6.03. The maximum atomic E-state index is 6.03. The van der Waals surface area contributed by atoms with Gasteiger partial charge in [0.25, 0.3) is 0 Å². The number of aryl methyl sites for hydroxylation is 1. The van der Waals surface area contributed by atoms with Gasteiger partial charge in [0.1, 0.15) is 0 Å². The van der Waals surface area contributed by atoms with Crippen molar-refractivity contribution in [3.63, 3.8) is 0 Å². The molecule has 0 heterocycles. The Morgan fingerprint density at radius 3 is 2.50 bits per heavy atom. The lowest BCUT2D eigenvalue weighted by Crippen LogP contribution is -1.92. The first kappa shape index (κ1) is 11.1. The predicted octanol–water partition coefficient (Wildman–Crippen LogP) is 3.87. The van der Waals surface area contributed by atoms with Crippen molar-refractivity contribution in [2.24, 2.45) is 0 Å². The van der Waals surface area contributed by atoms with Crippen LogP contribution in [0.25, 0.3) is 0 Å². The number of rotatable bonds is 3. The summed E-state index contributed by atoms with van der Waals surface area (Å²) in [6.07, 6.45) is 0. The smallest absolute Gasteiger partial charge is 0.0482 e. The number of hydrogen-bond acceptors (Lipinski definition) is 2. The van der Waals surface area contributed by atoms with E-state index >= 15 is 0 Å². The molecule has 0 aliphatic carbocycles. The minimum absolute atomic E-state index is 0.906. The van der Waals surface area contributed by atoms with Crippen molar-refractivity contribution in [2.45, 2.75) is 17.6 Å². The lowest BCUT2D eigenvalue weighted by Gasteiger charge is -2.07.